The van der Waals surface area contributed by atoms with Crippen LogP contribution in [-0.2, 0) is 9.53 Å². The molecule has 0 spiro atoms. The van der Waals surface area contributed by atoms with E-state index in [0.29, 0.717) is 12.4 Å². The molecule has 5 heterocycles. The Morgan fingerprint density at radius 2 is 1.76 bits per heavy atom. The molecule has 37 heavy (non-hydrogen) atoms. The van der Waals surface area contributed by atoms with Gasteiger partial charge in [-0.15, -0.1) is 0 Å². The molecule has 0 saturated carbocycles. The number of rotatable bonds is 4. The molecule has 1 amide bonds. The van der Waals surface area contributed by atoms with Crippen LogP contribution >= 0.6 is 0 Å². The number of hydrogen-bond donors (Lipinski definition) is 1. The lowest BCUT2D eigenvalue weighted by Gasteiger charge is -2.21. The highest BCUT2D eigenvalue weighted by atomic mass is 16.5. The first-order valence-electron chi connectivity index (χ1n) is 12.5. The number of nitrogens with zero attached hydrogens (tertiary/aromatic N) is 8. The summed E-state index contributed by atoms with van der Waals surface area (Å²) >= 11 is 0. The first kappa shape index (κ1) is 27.7. The molecule has 0 aliphatic carbocycles. The molecule has 1 saturated heterocycles. The van der Waals surface area contributed by atoms with Gasteiger partial charge >= 0.3 is 0 Å². The summed E-state index contributed by atoms with van der Waals surface area (Å²) in [5.74, 6) is 1.42. The van der Waals surface area contributed by atoms with E-state index < -0.39 is 0 Å². The van der Waals surface area contributed by atoms with Crippen LogP contribution in [0.25, 0.3) is 28.0 Å². The van der Waals surface area contributed by atoms with Gasteiger partial charge in [0.1, 0.15) is 5.82 Å². The molecule has 5 rings (SSSR count). The average Bonchev–Trinajstić information content (AvgIpc) is 3.54. The minimum atomic E-state index is 0.0417. The summed E-state index contributed by atoms with van der Waals surface area (Å²) in [6, 6.07) is 1.97. The molecule has 1 aliphatic rings. The van der Waals surface area contributed by atoms with Gasteiger partial charge in [-0.25, -0.2) is 9.67 Å². The minimum absolute atomic E-state index is 0.0417. The van der Waals surface area contributed by atoms with E-state index in [4.69, 9.17) is 9.72 Å². The Balaban J connectivity index is 0.000000421. The lowest BCUT2D eigenvalue weighted by Crippen LogP contribution is -2.30. The number of carbonyl (C=O) groups is 1. The van der Waals surface area contributed by atoms with E-state index in [0.717, 1.165) is 60.4 Å². The summed E-state index contributed by atoms with van der Waals surface area (Å²) in [7, 11) is 1.71. The maximum absolute atomic E-state index is 11.1. The highest BCUT2D eigenvalue weighted by molar-refractivity contribution is 5.82. The molecule has 4 aromatic rings. The number of methoxy groups -OCH3 is 1. The molecule has 198 valence electrons. The molecule has 1 aliphatic heterocycles. The predicted octanol–water partition coefficient (Wildman–Crippen LogP) is 3.73. The van der Waals surface area contributed by atoms with Crippen LogP contribution in [0.2, 0.25) is 0 Å². The second-order valence-corrected chi connectivity index (χ2v) is 9.21. The molecule has 1 N–H and O–H groups in total. The number of aromatic amines is 1. The van der Waals surface area contributed by atoms with Crippen molar-refractivity contribution in [2.75, 3.05) is 38.2 Å². The number of hydrogen-bond acceptors (Lipinski definition) is 8. The maximum atomic E-state index is 11.1. The van der Waals surface area contributed by atoms with Gasteiger partial charge in [0.2, 0.25) is 6.41 Å². The fraction of sp³-hybridized carbons (Fsp3) is 0.462. The van der Waals surface area contributed by atoms with E-state index in [1.807, 2.05) is 40.7 Å². The third-order valence-corrected chi connectivity index (χ3v) is 5.69. The highest BCUT2D eigenvalue weighted by Crippen LogP contribution is 2.23. The minimum Gasteiger partial charge on any atom is -0.379 e. The van der Waals surface area contributed by atoms with E-state index in [1.165, 1.54) is 0 Å². The normalized spacial score (nSPS) is 13.8. The fourth-order valence-electron chi connectivity index (χ4n) is 3.52. The van der Waals surface area contributed by atoms with Gasteiger partial charge in [0, 0.05) is 56.6 Å². The summed E-state index contributed by atoms with van der Waals surface area (Å²) < 4.78 is 6.71. The first-order chi connectivity index (χ1) is 17.9. The maximum Gasteiger partial charge on any atom is 0.209 e. The van der Waals surface area contributed by atoms with Gasteiger partial charge in [0.05, 0.1) is 41.6 Å². The van der Waals surface area contributed by atoms with Crippen molar-refractivity contribution in [2.45, 2.75) is 46.6 Å². The summed E-state index contributed by atoms with van der Waals surface area (Å²) in [5, 5.41) is 12.2. The second-order valence-electron chi connectivity index (χ2n) is 9.21. The topological polar surface area (TPSA) is 118 Å². The molecule has 0 aromatic carbocycles. The van der Waals surface area contributed by atoms with Crippen molar-refractivity contribution in [3.05, 3.63) is 43.2 Å². The van der Waals surface area contributed by atoms with Crippen LogP contribution < -0.4 is 4.90 Å². The van der Waals surface area contributed by atoms with Crippen LogP contribution in [0.3, 0.4) is 0 Å². The molecule has 11 nitrogen and oxygen atoms in total. The van der Waals surface area contributed by atoms with Crippen molar-refractivity contribution >= 4 is 23.1 Å². The van der Waals surface area contributed by atoms with Gasteiger partial charge in [-0.1, -0.05) is 13.8 Å². The second kappa shape index (κ2) is 12.9. The van der Waals surface area contributed by atoms with Gasteiger partial charge in [-0.05, 0) is 33.3 Å². The number of amides is 1. The Hall–Kier alpha value is -3.86. The van der Waals surface area contributed by atoms with Gasteiger partial charge in [0.25, 0.3) is 0 Å². The van der Waals surface area contributed by atoms with Crippen molar-refractivity contribution in [3.8, 4) is 17.1 Å². The van der Waals surface area contributed by atoms with Crippen LogP contribution in [0.1, 0.15) is 41.0 Å². The van der Waals surface area contributed by atoms with E-state index in [9.17, 15) is 4.79 Å². The van der Waals surface area contributed by atoms with Crippen molar-refractivity contribution in [1.29, 1.82) is 0 Å². The Morgan fingerprint density at radius 1 is 1.00 bits per heavy atom. The molecule has 0 radical (unpaired) electrons. The van der Waals surface area contributed by atoms with Crippen molar-refractivity contribution in [2.24, 2.45) is 0 Å². The van der Waals surface area contributed by atoms with E-state index >= 15 is 0 Å². The summed E-state index contributed by atoms with van der Waals surface area (Å²) in [6.07, 6.45) is 12.4. The summed E-state index contributed by atoms with van der Waals surface area (Å²) in [6.45, 7) is 13.1. The number of carbonyl (C=O) groups excluding carboxylic acids is 1. The number of pyridine rings is 1. The van der Waals surface area contributed by atoms with Crippen molar-refractivity contribution < 1.29 is 9.53 Å². The zero-order chi connectivity index (χ0) is 26.8. The zero-order valence-corrected chi connectivity index (χ0v) is 22.5. The largest absolute Gasteiger partial charge is 0.379 e. The molecular weight excluding hydrogens is 470 g/mol. The highest BCUT2D eigenvalue weighted by Gasteiger charge is 2.17. The number of nitrogens with one attached hydrogen (secondary N) is 1. The van der Waals surface area contributed by atoms with Crippen LogP contribution in [0.4, 0.5) is 5.82 Å². The SMILES string of the molecule is CC.COC(C)(C)C.O=CN1CCCN(c2cncc(-n3ncc4cnc(-c5cn[nH]c5)cc43)n2)CC1. The van der Waals surface area contributed by atoms with Gasteiger partial charge in [-0.3, -0.25) is 19.9 Å². The van der Waals surface area contributed by atoms with Crippen LogP contribution in [0, 0.1) is 0 Å². The fourth-order valence-corrected chi connectivity index (χ4v) is 3.52. The summed E-state index contributed by atoms with van der Waals surface area (Å²) in [5.41, 5.74) is 2.65. The van der Waals surface area contributed by atoms with Gasteiger partial charge in [0.15, 0.2) is 5.82 Å². The number of aromatic nitrogens is 7. The van der Waals surface area contributed by atoms with E-state index in [2.05, 4.69) is 30.2 Å². The van der Waals surface area contributed by atoms with Crippen molar-refractivity contribution in [1.82, 2.24) is 39.8 Å². The Morgan fingerprint density at radius 3 is 2.43 bits per heavy atom. The van der Waals surface area contributed by atoms with Crippen LogP contribution in [-0.4, -0.2) is 85.1 Å². The molecule has 11 heteroatoms. The average molecular weight is 508 g/mol. The molecule has 0 atom stereocenters. The number of anilines is 1. The molecule has 4 aromatic heterocycles. The van der Waals surface area contributed by atoms with Crippen LogP contribution in [0.5, 0.6) is 0 Å². The first-order valence-corrected chi connectivity index (χ1v) is 12.5. The Kier molecular flexibility index (Phi) is 9.67. The van der Waals surface area contributed by atoms with Crippen LogP contribution in [0.15, 0.2) is 43.2 Å². The molecule has 0 unspecified atom stereocenters. The number of H-pyrrole nitrogens is 1. The smallest absolute Gasteiger partial charge is 0.209 e. The van der Waals surface area contributed by atoms with E-state index in [-0.39, 0.29) is 5.60 Å². The standard InChI is InChI=1S/C19H19N9O.C5H12O.C2H6/c29-13-26-2-1-3-27(5-4-26)18-11-20-12-19(25-18)28-17-6-16(14-8-22-23-9-14)21-7-15(17)10-24-28;1-5(2,3)6-4;1-2/h6-13H,1-5H2,(H,22,23);1-4H3;1-2H3. The Labute approximate surface area is 217 Å². The summed E-state index contributed by atoms with van der Waals surface area (Å²) in [4.78, 5) is 28.7. The third-order valence-electron chi connectivity index (χ3n) is 5.69. The monoisotopic (exact) mass is 507 g/mol. The van der Waals surface area contributed by atoms with Gasteiger partial charge < -0.3 is 14.5 Å². The van der Waals surface area contributed by atoms with E-state index in [1.54, 1.807) is 53.9 Å². The Bertz CT molecular complexity index is 1250. The quantitative estimate of drug-likeness (QED) is 0.415. The molecular formula is C26H37N9O2. The number of fused-ring (bicyclic) bond motifs is 1. The lowest BCUT2D eigenvalue weighted by atomic mass is 10.2. The molecule has 0 bridgehead atoms. The lowest BCUT2D eigenvalue weighted by molar-refractivity contribution is -0.117. The number of ether oxygens (including phenoxy) is 1. The molecule has 1 fully saturated rings. The zero-order valence-electron chi connectivity index (χ0n) is 22.5. The van der Waals surface area contributed by atoms with Gasteiger partial charge in [-0.2, -0.15) is 10.2 Å². The predicted molar refractivity (Wildman–Crippen MR) is 145 cm³/mol. The third kappa shape index (κ3) is 7.32. The van der Waals surface area contributed by atoms with Crippen molar-refractivity contribution in [3.63, 3.8) is 0 Å².